The van der Waals surface area contributed by atoms with Crippen molar-refractivity contribution in [1.82, 2.24) is 15.1 Å². The second kappa shape index (κ2) is 13.8. The number of nitrogens with zero attached hydrogens (tertiary/aromatic N) is 3. The van der Waals surface area contributed by atoms with E-state index in [1.807, 2.05) is 12.1 Å². The van der Waals surface area contributed by atoms with E-state index in [4.69, 9.17) is 23.2 Å². The molecule has 2 aliphatic heterocycles. The number of amides is 3. The van der Waals surface area contributed by atoms with E-state index >= 15 is 0 Å². The number of carbonyl (C=O) groups excluding carboxylic acids is 3. The van der Waals surface area contributed by atoms with E-state index in [2.05, 4.69) is 44.7 Å². The van der Waals surface area contributed by atoms with E-state index < -0.39 is 0 Å². The first-order valence-electron chi connectivity index (χ1n) is 14.4. The molecule has 0 aromatic heterocycles. The van der Waals surface area contributed by atoms with Crippen molar-refractivity contribution in [3.63, 3.8) is 0 Å². The number of rotatable bonds is 10. The van der Waals surface area contributed by atoms with E-state index in [1.165, 1.54) is 0 Å². The van der Waals surface area contributed by atoms with E-state index in [-0.39, 0.29) is 17.7 Å². The summed E-state index contributed by atoms with van der Waals surface area (Å²) >= 11 is 12.3. The third-order valence-corrected chi connectivity index (χ3v) is 8.36. The molecule has 3 amide bonds. The Morgan fingerprint density at radius 1 is 0.930 bits per heavy atom. The fourth-order valence-corrected chi connectivity index (χ4v) is 5.80. The molecule has 1 fully saturated rings. The molecule has 2 aliphatic rings. The lowest BCUT2D eigenvalue weighted by molar-refractivity contribution is -0.115. The van der Waals surface area contributed by atoms with Gasteiger partial charge in [-0.15, -0.1) is 0 Å². The Morgan fingerprint density at radius 3 is 2.42 bits per heavy atom. The maximum atomic E-state index is 13.4. The number of anilines is 3. The van der Waals surface area contributed by atoms with Crippen LogP contribution in [0.25, 0.3) is 0 Å². The Hall–Kier alpha value is -3.63. The first-order chi connectivity index (χ1) is 20.7. The number of carbonyl (C=O) groups is 3. The normalized spacial score (nSPS) is 14.9. The highest BCUT2D eigenvalue weighted by molar-refractivity contribution is 6.35. The maximum Gasteiger partial charge on any atom is 0.255 e. The quantitative estimate of drug-likeness (QED) is 0.310. The highest BCUT2D eigenvalue weighted by Gasteiger charge is 2.23. The van der Waals surface area contributed by atoms with Gasteiger partial charge >= 0.3 is 0 Å². The highest BCUT2D eigenvalue weighted by atomic mass is 35.5. The molecule has 226 valence electrons. The minimum atomic E-state index is -0.315. The Labute approximate surface area is 262 Å². The van der Waals surface area contributed by atoms with Gasteiger partial charge in [0.25, 0.3) is 11.8 Å². The van der Waals surface area contributed by atoms with Crippen molar-refractivity contribution in [3.8, 4) is 0 Å². The van der Waals surface area contributed by atoms with Crippen LogP contribution in [0.2, 0.25) is 10.0 Å². The van der Waals surface area contributed by atoms with E-state index in [0.717, 1.165) is 56.1 Å². The molecule has 0 radical (unpaired) electrons. The molecule has 3 aromatic carbocycles. The third-order valence-electron chi connectivity index (χ3n) is 7.78. The summed E-state index contributed by atoms with van der Waals surface area (Å²) in [5.74, 6) is -0.651. The van der Waals surface area contributed by atoms with Gasteiger partial charge in [-0.25, -0.2) is 0 Å². The van der Waals surface area contributed by atoms with Gasteiger partial charge in [-0.1, -0.05) is 35.3 Å². The number of benzene rings is 3. The SMILES string of the molecule is CN(C)CCN1CCN(c2ccc(C(=O)NCCc3ccc(Cl)cc3Cl)cc2NC(=O)c2ccc3c(c2)NC(=O)C3)CC1. The first-order valence-corrected chi connectivity index (χ1v) is 15.1. The molecular weight excluding hydrogens is 587 g/mol. The topological polar surface area (TPSA) is 97.0 Å². The molecule has 0 unspecified atom stereocenters. The summed E-state index contributed by atoms with van der Waals surface area (Å²) in [5, 5.41) is 9.92. The van der Waals surface area contributed by atoms with Crippen molar-refractivity contribution in [2.24, 2.45) is 0 Å². The number of hydrogen-bond donors (Lipinski definition) is 3. The van der Waals surface area contributed by atoms with Crippen LogP contribution >= 0.6 is 23.2 Å². The fraction of sp³-hybridized carbons (Fsp3) is 0.344. The van der Waals surface area contributed by atoms with Crippen LogP contribution in [0.4, 0.5) is 17.1 Å². The largest absolute Gasteiger partial charge is 0.367 e. The molecule has 0 atom stereocenters. The van der Waals surface area contributed by atoms with Gasteiger partial charge in [0.05, 0.1) is 17.8 Å². The lowest BCUT2D eigenvalue weighted by Gasteiger charge is -2.37. The smallest absolute Gasteiger partial charge is 0.255 e. The standard InChI is InChI=1S/C32H36Cl2N6O3/c1-38(2)11-12-39-13-15-40(16-14-39)29-8-6-23(31(42)35-10-9-21-5-7-25(33)20-26(21)34)18-28(29)37-32(43)24-4-3-22-19-30(41)36-27(22)17-24/h3-8,17-18,20H,9-16,19H2,1-2H3,(H,35,42)(H,36,41)(H,37,43). The molecular formula is C32H36Cl2N6O3. The zero-order chi connectivity index (χ0) is 30.5. The molecule has 3 aromatic rings. The van der Waals surface area contributed by atoms with Gasteiger partial charge in [0.15, 0.2) is 0 Å². The van der Waals surface area contributed by atoms with E-state index in [0.29, 0.717) is 51.9 Å². The Kier molecular flexibility index (Phi) is 9.87. The van der Waals surface area contributed by atoms with Crippen molar-refractivity contribution >= 4 is 58.0 Å². The van der Waals surface area contributed by atoms with Crippen LogP contribution in [-0.4, -0.2) is 87.4 Å². The Morgan fingerprint density at radius 2 is 1.67 bits per heavy atom. The van der Waals surface area contributed by atoms with Crippen molar-refractivity contribution in [1.29, 1.82) is 0 Å². The van der Waals surface area contributed by atoms with Gasteiger partial charge in [-0.3, -0.25) is 19.3 Å². The molecule has 9 nitrogen and oxygen atoms in total. The van der Waals surface area contributed by atoms with Crippen molar-refractivity contribution in [2.45, 2.75) is 12.8 Å². The summed E-state index contributed by atoms with van der Waals surface area (Å²) in [7, 11) is 4.15. The molecule has 3 N–H and O–H groups in total. The number of hydrogen-bond acceptors (Lipinski definition) is 6. The number of likely N-dealkylation sites (N-methyl/N-ethyl adjacent to an activating group) is 1. The monoisotopic (exact) mass is 622 g/mol. The van der Waals surface area contributed by atoms with Gasteiger partial charge in [-0.05, 0) is 74.1 Å². The summed E-state index contributed by atoms with van der Waals surface area (Å²) in [6.45, 7) is 5.79. The molecule has 0 saturated carbocycles. The predicted octanol–water partition coefficient (Wildman–Crippen LogP) is 4.40. The molecule has 2 heterocycles. The number of piperazine rings is 1. The van der Waals surface area contributed by atoms with Crippen molar-refractivity contribution in [2.75, 3.05) is 75.4 Å². The number of halogens is 2. The fourth-order valence-electron chi connectivity index (χ4n) is 5.29. The van der Waals surface area contributed by atoms with Gasteiger partial charge < -0.3 is 25.8 Å². The van der Waals surface area contributed by atoms with Crippen LogP contribution in [0, 0.1) is 0 Å². The van der Waals surface area contributed by atoms with Gasteiger partial charge in [0.2, 0.25) is 5.91 Å². The van der Waals surface area contributed by atoms with Crippen molar-refractivity contribution < 1.29 is 14.4 Å². The molecule has 0 aliphatic carbocycles. The number of nitrogens with one attached hydrogen (secondary N) is 3. The van der Waals surface area contributed by atoms with Crippen LogP contribution in [-0.2, 0) is 17.6 Å². The first kappa shape index (κ1) is 30.8. The average molecular weight is 624 g/mol. The summed E-state index contributed by atoms with van der Waals surface area (Å²) in [6, 6.07) is 15.9. The molecule has 0 bridgehead atoms. The summed E-state index contributed by atoms with van der Waals surface area (Å²) < 4.78 is 0. The molecule has 11 heteroatoms. The Balaban J connectivity index is 1.32. The zero-order valence-electron chi connectivity index (χ0n) is 24.4. The van der Waals surface area contributed by atoms with Gasteiger partial charge in [0, 0.05) is 72.7 Å². The van der Waals surface area contributed by atoms with Crippen LogP contribution in [0.1, 0.15) is 31.8 Å². The molecule has 1 saturated heterocycles. The van der Waals surface area contributed by atoms with Gasteiger partial charge in [0.1, 0.15) is 0 Å². The molecule has 5 rings (SSSR count). The second-order valence-electron chi connectivity index (χ2n) is 11.2. The summed E-state index contributed by atoms with van der Waals surface area (Å²) in [6.07, 6.45) is 0.861. The van der Waals surface area contributed by atoms with Gasteiger partial charge in [-0.2, -0.15) is 0 Å². The van der Waals surface area contributed by atoms with Crippen LogP contribution in [0.15, 0.2) is 54.6 Å². The minimum Gasteiger partial charge on any atom is -0.367 e. The van der Waals surface area contributed by atoms with E-state index in [9.17, 15) is 14.4 Å². The molecule has 43 heavy (non-hydrogen) atoms. The second-order valence-corrected chi connectivity index (χ2v) is 12.0. The maximum absolute atomic E-state index is 13.4. The highest BCUT2D eigenvalue weighted by Crippen LogP contribution is 2.30. The van der Waals surface area contributed by atoms with E-state index in [1.54, 1.807) is 42.5 Å². The molecule has 0 spiro atoms. The average Bonchev–Trinajstić information content (AvgIpc) is 3.36. The predicted molar refractivity (Wildman–Crippen MR) is 173 cm³/mol. The number of fused-ring (bicyclic) bond motifs is 1. The minimum absolute atomic E-state index is 0.0865. The zero-order valence-corrected chi connectivity index (χ0v) is 25.9. The summed E-state index contributed by atoms with van der Waals surface area (Å²) in [4.78, 5) is 45.2. The van der Waals surface area contributed by atoms with Crippen LogP contribution in [0.5, 0.6) is 0 Å². The van der Waals surface area contributed by atoms with Crippen LogP contribution < -0.4 is 20.9 Å². The van der Waals surface area contributed by atoms with Crippen LogP contribution in [0.3, 0.4) is 0 Å². The van der Waals surface area contributed by atoms with Crippen molar-refractivity contribution in [3.05, 3.63) is 86.9 Å². The third kappa shape index (κ3) is 7.86. The lowest BCUT2D eigenvalue weighted by atomic mass is 10.1. The Bertz CT molecular complexity index is 1520. The lowest BCUT2D eigenvalue weighted by Crippen LogP contribution is -2.48. The summed E-state index contributed by atoms with van der Waals surface area (Å²) in [5.41, 5.74) is 4.70.